The standard InChI is InChI=1S/C21H15F3N4O2/c22-21(23,24)30-16-7-5-15(6-8-16)28-20(29)27-14-3-1-13(2-4-14)18-11-26-19-12-25-10-9-17(18)19/h1-12,26H,(H2,27,28,29). The van der Waals surface area contributed by atoms with Crippen LogP contribution in [0.15, 0.2) is 73.2 Å². The molecule has 30 heavy (non-hydrogen) atoms. The van der Waals surface area contributed by atoms with E-state index in [1.807, 2.05) is 24.4 Å². The second kappa shape index (κ2) is 7.78. The summed E-state index contributed by atoms with van der Waals surface area (Å²) in [5, 5.41) is 6.26. The van der Waals surface area contributed by atoms with Gasteiger partial charge in [0.15, 0.2) is 0 Å². The predicted octanol–water partition coefficient (Wildman–Crippen LogP) is 5.77. The molecule has 0 aliphatic rings. The van der Waals surface area contributed by atoms with Crippen molar-refractivity contribution in [2.24, 2.45) is 0 Å². The molecule has 0 saturated heterocycles. The van der Waals surface area contributed by atoms with Crippen LogP contribution in [0.25, 0.3) is 22.0 Å². The van der Waals surface area contributed by atoms with Crippen LogP contribution >= 0.6 is 0 Å². The van der Waals surface area contributed by atoms with E-state index < -0.39 is 12.4 Å². The summed E-state index contributed by atoms with van der Waals surface area (Å²) in [4.78, 5) is 19.4. The largest absolute Gasteiger partial charge is 0.573 e. The topological polar surface area (TPSA) is 79.0 Å². The first kappa shape index (κ1) is 19.3. The smallest absolute Gasteiger partial charge is 0.406 e. The molecule has 6 nitrogen and oxygen atoms in total. The van der Waals surface area contributed by atoms with Gasteiger partial charge in [-0.05, 0) is 48.0 Å². The van der Waals surface area contributed by atoms with Crippen molar-refractivity contribution >= 4 is 28.3 Å². The molecule has 0 saturated carbocycles. The zero-order valence-electron chi connectivity index (χ0n) is 15.3. The van der Waals surface area contributed by atoms with Gasteiger partial charge >= 0.3 is 12.4 Å². The fourth-order valence-electron chi connectivity index (χ4n) is 2.98. The average molecular weight is 412 g/mol. The minimum Gasteiger partial charge on any atom is -0.406 e. The summed E-state index contributed by atoms with van der Waals surface area (Å²) in [5.41, 5.74) is 3.81. The number of amides is 2. The number of aromatic nitrogens is 2. The number of halogens is 3. The van der Waals surface area contributed by atoms with Crippen LogP contribution in [-0.4, -0.2) is 22.4 Å². The molecule has 2 heterocycles. The Kier molecular flexibility index (Phi) is 5.01. The number of rotatable bonds is 4. The molecule has 3 N–H and O–H groups in total. The van der Waals surface area contributed by atoms with Crippen molar-refractivity contribution in [2.45, 2.75) is 6.36 Å². The molecule has 0 atom stereocenters. The van der Waals surface area contributed by atoms with Gasteiger partial charge in [-0.1, -0.05) is 12.1 Å². The number of nitrogens with one attached hydrogen (secondary N) is 3. The van der Waals surface area contributed by atoms with E-state index in [2.05, 4.69) is 25.3 Å². The van der Waals surface area contributed by atoms with E-state index >= 15 is 0 Å². The van der Waals surface area contributed by atoms with Crippen molar-refractivity contribution in [3.05, 3.63) is 73.2 Å². The van der Waals surface area contributed by atoms with Gasteiger partial charge in [0.25, 0.3) is 0 Å². The average Bonchev–Trinajstić information content (AvgIpc) is 3.13. The van der Waals surface area contributed by atoms with Gasteiger partial charge in [0.05, 0.1) is 11.7 Å². The predicted molar refractivity (Wildman–Crippen MR) is 107 cm³/mol. The Bertz CT molecular complexity index is 1170. The van der Waals surface area contributed by atoms with Gasteiger partial charge in [0, 0.05) is 34.7 Å². The molecule has 2 aromatic heterocycles. The van der Waals surface area contributed by atoms with Crippen LogP contribution in [0.5, 0.6) is 5.75 Å². The number of benzene rings is 2. The van der Waals surface area contributed by atoms with Crippen molar-refractivity contribution in [1.82, 2.24) is 9.97 Å². The Balaban J connectivity index is 1.39. The maximum Gasteiger partial charge on any atom is 0.573 e. The van der Waals surface area contributed by atoms with Gasteiger partial charge in [0.2, 0.25) is 0 Å². The Morgan fingerprint density at radius 1 is 0.933 bits per heavy atom. The second-order valence-electron chi connectivity index (χ2n) is 6.35. The van der Waals surface area contributed by atoms with Crippen molar-refractivity contribution in [3.8, 4) is 16.9 Å². The van der Waals surface area contributed by atoms with Crippen LogP contribution in [-0.2, 0) is 0 Å². The zero-order valence-corrected chi connectivity index (χ0v) is 15.3. The molecule has 2 amide bonds. The highest BCUT2D eigenvalue weighted by Gasteiger charge is 2.30. The molecule has 2 aromatic carbocycles. The molecule has 0 spiro atoms. The highest BCUT2D eigenvalue weighted by molar-refractivity contribution is 6.00. The van der Waals surface area contributed by atoms with E-state index in [0.29, 0.717) is 11.4 Å². The van der Waals surface area contributed by atoms with Gasteiger partial charge in [-0.15, -0.1) is 13.2 Å². The Hall–Kier alpha value is -4.01. The summed E-state index contributed by atoms with van der Waals surface area (Å²) in [6.07, 6.45) is 0.609. The fraction of sp³-hybridized carbons (Fsp3) is 0.0476. The number of pyridine rings is 1. The van der Waals surface area contributed by atoms with E-state index in [1.54, 1.807) is 24.5 Å². The van der Waals surface area contributed by atoms with Gasteiger partial charge in [0.1, 0.15) is 5.75 Å². The summed E-state index contributed by atoms with van der Waals surface area (Å²) >= 11 is 0. The van der Waals surface area contributed by atoms with E-state index in [0.717, 1.165) is 34.2 Å². The SMILES string of the molecule is O=C(Nc1ccc(OC(F)(F)F)cc1)Nc1ccc(-c2c[nH]c3cnccc23)cc1. The first-order chi connectivity index (χ1) is 14.4. The first-order valence-corrected chi connectivity index (χ1v) is 8.83. The number of hydrogen-bond acceptors (Lipinski definition) is 3. The van der Waals surface area contributed by atoms with E-state index in [9.17, 15) is 18.0 Å². The number of alkyl halides is 3. The Labute approximate surface area is 168 Å². The molecule has 0 fully saturated rings. The number of aromatic amines is 1. The highest BCUT2D eigenvalue weighted by atomic mass is 19.4. The third kappa shape index (κ3) is 4.52. The number of nitrogens with zero attached hydrogens (tertiary/aromatic N) is 1. The van der Waals surface area contributed by atoms with Crippen molar-refractivity contribution in [2.75, 3.05) is 10.6 Å². The molecule has 0 aliphatic heterocycles. The van der Waals surface area contributed by atoms with Gasteiger partial charge in [-0.3, -0.25) is 4.98 Å². The molecule has 0 aliphatic carbocycles. The quantitative estimate of drug-likeness (QED) is 0.398. The molecular weight excluding hydrogens is 397 g/mol. The van der Waals surface area contributed by atoms with Crippen LogP contribution in [0.1, 0.15) is 0 Å². The van der Waals surface area contributed by atoms with E-state index in [4.69, 9.17) is 0 Å². The maximum atomic E-state index is 12.2. The van der Waals surface area contributed by atoms with Crippen LogP contribution in [0, 0.1) is 0 Å². The minimum atomic E-state index is -4.76. The molecule has 0 unspecified atom stereocenters. The molecule has 4 rings (SSSR count). The number of H-pyrrole nitrogens is 1. The molecule has 0 bridgehead atoms. The number of carbonyl (C=O) groups is 1. The van der Waals surface area contributed by atoms with Crippen LogP contribution in [0.2, 0.25) is 0 Å². The monoisotopic (exact) mass is 412 g/mol. The van der Waals surface area contributed by atoms with Gasteiger partial charge in [-0.25, -0.2) is 4.79 Å². The zero-order chi connectivity index (χ0) is 21.1. The number of urea groups is 1. The molecule has 152 valence electrons. The summed E-state index contributed by atoms with van der Waals surface area (Å²) in [6.45, 7) is 0. The molecule has 4 aromatic rings. The highest BCUT2D eigenvalue weighted by Crippen LogP contribution is 2.29. The minimum absolute atomic E-state index is 0.325. The third-order valence-corrected chi connectivity index (χ3v) is 4.28. The van der Waals surface area contributed by atoms with Gasteiger partial charge < -0.3 is 20.4 Å². The summed E-state index contributed by atoms with van der Waals surface area (Å²) in [5.74, 6) is -0.364. The number of ether oxygens (including phenoxy) is 1. The first-order valence-electron chi connectivity index (χ1n) is 8.83. The van der Waals surface area contributed by atoms with Crippen molar-refractivity contribution in [3.63, 3.8) is 0 Å². The van der Waals surface area contributed by atoms with Crippen LogP contribution in [0.3, 0.4) is 0 Å². The summed E-state index contributed by atoms with van der Waals surface area (Å²) in [7, 11) is 0. The maximum absolute atomic E-state index is 12.2. The van der Waals surface area contributed by atoms with Crippen molar-refractivity contribution in [1.29, 1.82) is 0 Å². The molecule has 0 radical (unpaired) electrons. The van der Waals surface area contributed by atoms with Crippen LogP contribution in [0.4, 0.5) is 29.3 Å². The second-order valence-corrected chi connectivity index (χ2v) is 6.35. The number of anilines is 2. The number of hydrogen-bond donors (Lipinski definition) is 3. The summed E-state index contributed by atoms with van der Waals surface area (Å²) in [6, 6.07) is 13.5. The molecular formula is C21H15F3N4O2. The number of fused-ring (bicyclic) bond motifs is 1. The lowest BCUT2D eigenvalue weighted by atomic mass is 10.1. The Morgan fingerprint density at radius 2 is 1.57 bits per heavy atom. The lowest BCUT2D eigenvalue weighted by Crippen LogP contribution is -2.19. The number of carbonyl (C=O) groups excluding carboxylic acids is 1. The normalized spacial score (nSPS) is 11.3. The summed E-state index contributed by atoms with van der Waals surface area (Å²) < 4.78 is 40.3. The Morgan fingerprint density at radius 3 is 2.20 bits per heavy atom. The lowest BCUT2D eigenvalue weighted by molar-refractivity contribution is -0.274. The molecule has 9 heteroatoms. The van der Waals surface area contributed by atoms with E-state index in [-0.39, 0.29) is 5.75 Å². The fourth-order valence-corrected chi connectivity index (χ4v) is 2.98. The third-order valence-electron chi connectivity index (χ3n) is 4.28. The van der Waals surface area contributed by atoms with E-state index in [1.165, 1.54) is 12.1 Å². The van der Waals surface area contributed by atoms with Gasteiger partial charge in [-0.2, -0.15) is 0 Å². The lowest BCUT2D eigenvalue weighted by Gasteiger charge is -2.11. The van der Waals surface area contributed by atoms with Crippen molar-refractivity contribution < 1.29 is 22.7 Å². The van der Waals surface area contributed by atoms with Crippen LogP contribution < -0.4 is 15.4 Å².